The van der Waals surface area contributed by atoms with Gasteiger partial charge in [0, 0.05) is 7.05 Å². The van der Waals surface area contributed by atoms with Crippen LogP contribution in [0.3, 0.4) is 0 Å². The van der Waals surface area contributed by atoms with Crippen LogP contribution in [0.2, 0.25) is 0 Å². The predicted octanol–water partition coefficient (Wildman–Crippen LogP) is 3.50. The van der Waals surface area contributed by atoms with E-state index in [-0.39, 0.29) is 6.04 Å². The number of nitrogens with zero attached hydrogens (tertiary/aromatic N) is 2. The second-order valence-corrected chi connectivity index (χ2v) is 5.71. The van der Waals surface area contributed by atoms with E-state index >= 15 is 0 Å². The van der Waals surface area contributed by atoms with Crippen molar-refractivity contribution in [1.29, 1.82) is 0 Å². The Bertz CT molecular complexity index is 555. The van der Waals surface area contributed by atoms with Gasteiger partial charge in [-0.05, 0) is 47.4 Å². The summed E-state index contributed by atoms with van der Waals surface area (Å²) in [5.74, 6) is 0. The van der Waals surface area contributed by atoms with E-state index in [1.165, 1.54) is 16.7 Å². The Morgan fingerprint density at radius 3 is 2.63 bits per heavy atom. The maximum atomic E-state index is 4.32. The molecule has 2 aromatic rings. The third-order valence-electron chi connectivity index (χ3n) is 3.36. The van der Waals surface area contributed by atoms with E-state index in [4.69, 9.17) is 0 Å². The van der Waals surface area contributed by atoms with Crippen LogP contribution >= 0.6 is 15.9 Å². The van der Waals surface area contributed by atoms with Gasteiger partial charge in [-0.2, -0.15) is 5.10 Å². The van der Waals surface area contributed by atoms with Gasteiger partial charge in [0.25, 0.3) is 0 Å². The van der Waals surface area contributed by atoms with Crippen LogP contribution in [0.4, 0.5) is 0 Å². The highest BCUT2D eigenvalue weighted by Gasteiger charge is 2.21. The third kappa shape index (κ3) is 2.90. The standard InChI is InChI=1S/C15H20BrN3/c1-5-17-14(15-13(16)9-18-19(15)4)12-7-6-10(2)8-11(12)3/h6-9,14,17H,5H2,1-4H3. The van der Waals surface area contributed by atoms with E-state index in [2.05, 4.69) is 65.3 Å². The smallest absolute Gasteiger partial charge is 0.0762 e. The molecule has 0 bridgehead atoms. The molecule has 0 amide bonds. The van der Waals surface area contributed by atoms with Crippen LogP contribution in [-0.2, 0) is 7.05 Å². The number of aromatic nitrogens is 2. The fourth-order valence-corrected chi connectivity index (χ4v) is 3.03. The summed E-state index contributed by atoms with van der Waals surface area (Å²) >= 11 is 3.60. The molecule has 2 rings (SSSR count). The van der Waals surface area contributed by atoms with Crippen molar-refractivity contribution < 1.29 is 0 Å². The van der Waals surface area contributed by atoms with Gasteiger partial charge in [0.1, 0.15) is 0 Å². The second-order valence-electron chi connectivity index (χ2n) is 4.85. The summed E-state index contributed by atoms with van der Waals surface area (Å²) in [6.07, 6.45) is 1.85. The highest BCUT2D eigenvalue weighted by atomic mass is 79.9. The maximum absolute atomic E-state index is 4.32. The molecule has 0 saturated heterocycles. The van der Waals surface area contributed by atoms with Gasteiger partial charge in [-0.3, -0.25) is 4.68 Å². The van der Waals surface area contributed by atoms with Crippen molar-refractivity contribution in [2.45, 2.75) is 26.8 Å². The zero-order valence-corrected chi connectivity index (χ0v) is 13.5. The van der Waals surface area contributed by atoms with Crippen molar-refractivity contribution in [1.82, 2.24) is 15.1 Å². The summed E-state index contributed by atoms with van der Waals surface area (Å²) in [5, 5.41) is 7.87. The van der Waals surface area contributed by atoms with Gasteiger partial charge < -0.3 is 5.32 Å². The number of nitrogens with one attached hydrogen (secondary N) is 1. The third-order valence-corrected chi connectivity index (χ3v) is 3.97. The van der Waals surface area contributed by atoms with Gasteiger partial charge in [0.05, 0.1) is 22.4 Å². The fraction of sp³-hybridized carbons (Fsp3) is 0.400. The largest absolute Gasteiger partial charge is 0.305 e. The molecule has 0 fully saturated rings. The van der Waals surface area contributed by atoms with Crippen molar-refractivity contribution in [3.63, 3.8) is 0 Å². The highest BCUT2D eigenvalue weighted by Crippen LogP contribution is 2.30. The zero-order chi connectivity index (χ0) is 14.0. The van der Waals surface area contributed by atoms with Crippen molar-refractivity contribution >= 4 is 15.9 Å². The quantitative estimate of drug-likeness (QED) is 0.934. The first-order valence-corrected chi connectivity index (χ1v) is 7.31. The van der Waals surface area contributed by atoms with Crippen LogP contribution in [0.5, 0.6) is 0 Å². The Labute approximate surface area is 123 Å². The lowest BCUT2D eigenvalue weighted by Gasteiger charge is -2.21. The molecular weight excluding hydrogens is 302 g/mol. The molecule has 0 saturated carbocycles. The van der Waals surface area contributed by atoms with E-state index in [1.807, 2.05) is 17.9 Å². The molecule has 1 aromatic carbocycles. The molecule has 1 aromatic heterocycles. The number of aryl methyl sites for hydroxylation is 3. The molecule has 3 nitrogen and oxygen atoms in total. The number of rotatable bonds is 4. The lowest BCUT2D eigenvalue weighted by atomic mass is 9.97. The minimum Gasteiger partial charge on any atom is -0.305 e. The fourth-order valence-electron chi connectivity index (χ4n) is 2.45. The van der Waals surface area contributed by atoms with Crippen LogP contribution in [0, 0.1) is 13.8 Å². The van der Waals surface area contributed by atoms with E-state index in [1.54, 1.807) is 0 Å². The predicted molar refractivity (Wildman–Crippen MR) is 82.3 cm³/mol. The molecule has 0 aliphatic heterocycles. The van der Waals surface area contributed by atoms with Crippen LogP contribution in [0.15, 0.2) is 28.9 Å². The van der Waals surface area contributed by atoms with Gasteiger partial charge >= 0.3 is 0 Å². The molecule has 0 radical (unpaired) electrons. The molecule has 4 heteroatoms. The van der Waals surface area contributed by atoms with E-state index in [9.17, 15) is 0 Å². The molecule has 0 aliphatic rings. The molecule has 19 heavy (non-hydrogen) atoms. The number of benzene rings is 1. The maximum Gasteiger partial charge on any atom is 0.0762 e. The van der Waals surface area contributed by atoms with Gasteiger partial charge in [0.2, 0.25) is 0 Å². The van der Waals surface area contributed by atoms with E-state index < -0.39 is 0 Å². The molecule has 1 unspecified atom stereocenters. The lowest BCUT2D eigenvalue weighted by molar-refractivity contribution is 0.568. The molecule has 0 aliphatic carbocycles. The molecule has 1 atom stereocenters. The Kier molecular flexibility index (Phi) is 4.42. The average molecular weight is 322 g/mol. The summed E-state index contributed by atoms with van der Waals surface area (Å²) in [6, 6.07) is 6.76. The summed E-state index contributed by atoms with van der Waals surface area (Å²) in [7, 11) is 1.98. The SMILES string of the molecule is CCNC(c1ccc(C)cc1C)c1c(Br)cnn1C. The molecule has 1 heterocycles. The molecule has 1 N–H and O–H groups in total. The molecule has 102 valence electrons. The van der Waals surface area contributed by atoms with Crippen molar-refractivity contribution in [2.75, 3.05) is 6.54 Å². The second kappa shape index (κ2) is 5.88. The van der Waals surface area contributed by atoms with Crippen molar-refractivity contribution in [3.8, 4) is 0 Å². The first kappa shape index (κ1) is 14.3. The van der Waals surface area contributed by atoms with Crippen molar-refractivity contribution in [3.05, 3.63) is 51.3 Å². The number of hydrogen-bond donors (Lipinski definition) is 1. The average Bonchev–Trinajstić information content (AvgIpc) is 2.67. The normalized spacial score (nSPS) is 12.7. The Morgan fingerprint density at radius 1 is 1.37 bits per heavy atom. The van der Waals surface area contributed by atoms with Gasteiger partial charge in [-0.15, -0.1) is 0 Å². The van der Waals surface area contributed by atoms with E-state index in [0.717, 1.165) is 16.7 Å². The topological polar surface area (TPSA) is 29.9 Å². The van der Waals surface area contributed by atoms with Crippen molar-refractivity contribution in [2.24, 2.45) is 7.05 Å². The Balaban J connectivity index is 2.51. The Morgan fingerprint density at radius 2 is 2.11 bits per heavy atom. The zero-order valence-electron chi connectivity index (χ0n) is 11.9. The molecule has 0 spiro atoms. The Hall–Kier alpha value is -1.13. The summed E-state index contributed by atoms with van der Waals surface area (Å²) < 4.78 is 2.97. The summed E-state index contributed by atoms with van der Waals surface area (Å²) in [4.78, 5) is 0. The van der Waals surface area contributed by atoms with Gasteiger partial charge in [0.15, 0.2) is 0 Å². The first-order valence-electron chi connectivity index (χ1n) is 6.52. The number of hydrogen-bond acceptors (Lipinski definition) is 2. The monoisotopic (exact) mass is 321 g/mol. The highest BCUT2D eigenvalue weighted by molar-refractivity contribution is 9.10. The number of halogens is 1. The van der Waals surface area contributed by atoms with Crippen LogP contribution in [0.1, 0.15) is 35.3 Å². The van der Waals surface area contributed by atoms with Crippen LogP contribution < -0.4 is 5.32 Å². The van der Waals surface area contributed by atoms with Crippen LogP contribution in [0.25, 0.3) is 0 Å². The first-order chi connectivity index (χ1) is 9.04. The summed E-state index contributed by atoms with van der Waals surface area (Å²) in [5.41, 5.74) is 5.06. The van der Waals surface area contributed by atoms with Gasteiger partial charge in [-0.1, -0.05) is 30.7 Å². The minimum absolute atomic E-state index is 0.160. The minimum atomic E-state index is 0.160. The summed E-state index contributed by atoms with van der Waals surface area (Å²) in [6.45, 7) is 7.33. The van der Waals surface area contributed by atoms with Crippen LogP contribution in [-0.4, -0.2) is 16.3 Å². The molecular formula is C15H20BrN3. The lowest BCUT2D eigenvalue weighted by Crippen LogP contribution is -2.25. The van der Waals surface area contributed by atoms with Gasteiger partial charge in [-0.25, -0.2) is 0 Å². The van der Waals surface area contributed by atoms with E-state index in [0.29, 0.717) is 0 Å².